The molecular formula is C26H30O. The summed E-state index contributed by atoms with van der Waals surface area (Å²) in [5.74, 6) is 0. The molecule has 0 radical (unpaired) electrons. The van der Waals surface area contributed by atoms with Crippen LogP contribution in [0.4, 0.5) is 0 Å². The second kappa shape index (κ2) is 7.48. The lowest BCUT2D eigenvalue weighted by Crippen LogP contribution is -2.20. The summed E-state index contributed by atoms with van der Waals surface area (Å²) in [5.41, 5.74) is 8.79. The molecule has 2 aromatic rings. The molecule has 1 saturated carbocycles. The summed E-state index contributed by atoms with van der Waals surface area (Å²) in [6, 6.07) is 19.7. The average molecular weight is 359 g/mol. The maximum absolute atomic E-state index is 10.4. The minimum Gasteiger partial charge on any atom is -0.393 e. The summed E-state index contributed by atoms with van der Waals surface area (Å²) in [4.78, 5) is 0. The van der Waals surface area contributed by atoms with E-state index in [2.05, 4.69) is 74.5 Å². The molecule has 1 fully saturated rings. The van der Waals surface area contributed by atoms with Crippen molar-refractivity contribution in [2.24, 2.45) is 5.41 Å². The van der Waals surface area contributed by atoms with Crippen molar-refractivity contribution in [3.05, 3.63) is 94.1 Å². The van der Waals surface area contributed by atoms with Crippen LogP contribution in [0, 0.1) is 12.3 Å². The molecule has 0 heterocycles. The van der Waals surface area contributed by atoms with E-state index >= 15 is 0 Å². The molecule has 140 valence electrons. The number of benzene rings is 2. The highest BCUT2D eigenvalue weighted by Gasteiger charge is 2.41. The Hall–Kier alpha value is -2.12. The molecule has 0 spiro atoms. The highest BCUT2D eigenvalue weighted by molar-refractivity contribution is 5.47. The third-order valence-electron chi connectivity index (χ3n) is 6.39. The zero-order valence-corrected chi connectivity index (χ0v) is 16.5. The maximum Gasteiger partial charge on any atom is 0.0586 e. The number of aryl methyl sites for hydroxylation is 2. The predicted octanol–water partition coefficient (Wildman–Crippen LogP) is 5.96. The molecule has 1 N–H and O–H groups in total. The SMILES string of the molecule is Cc1cccc(CCC2=C3C[C@H](O)C[C@]3(C)CC=C2Cc2ccccc2)c1. The van der Waals surface area contributed by atoms with Crippen molar-refractivity contribution in [3.63, 3.8) is 0 Å². The van der Waals surface area contributed by atoms with Crippen LogP contribution in [-0.2, 0) is 12.8 Å². The van der Waals surface area contributed by atoms with E-state index in [-0.39, 0.29) is 11.5 Å². The van der Waals surface area contributed by atoms with Crippen LogP contribution in [-0.4, -0.2) is 11.2 Å². The summed E-state index contributed by atoms with van der Waals surface area (Å²) in [5, 5.41) is 10.4. The van der Waals surface area contributed by atoms with Crippen molar-refractivity contribution < 1.29 is 5.11 Å². The van der Waals surface area contributed by atoms with E-state index in [0.717, 1.165) is 38.5 Å². The molecule has 2 aromatic carbocycles. The van der Waals surface area contributed by atoms with Gasteiger partial charge in [0.15, 0.2) is 0 Å². The number of allylic oxidation sites excluding steroid dienone is 3. The van der Waals surface area contributed by atoms with E-state index in [4.69, 9.17) is 0 Å². The molecule has 2 atom stereocenters. The Morgan fingerprint density at radius 2 is 1.78 bits per heavy atom. The molecule has 0 bridgehead atoms. The second-order valence-electron chi connectivity index (χ2n) is 8.66. The highest BCUT2D eigenvalue weighted by atomic mass is 16.3. The van der Waals surface area contributed by atoms with E-state index in [0.29, 0.717) is 0 Å². The van der Waals surface area contributed by atoms with Crippen molar-refractivity contribution in [1.82, 2.24) is 0 Å². The first-order valence-corrected chi connectivity index (χ1v) is 10.2. The Labute approximate surface area is 163 Å². The van der Waals surface area contributed by atoms with Gasteiger partial charge in [-0.05, 0) is 73.1 Å². The van der Waals surface area contributed by atoms with E-state index < -0.39 is 0 Å². The molecule has 1 heteroatoms. The molecule has 0 amide bonds. The number of hydrogen-bond acceptors (Lipinski definition) is 1. The number of fused-ring (bicyclic) bond motifs is 1. The molecule has 0 saturated heterocycles. The Morgan fingerprint density at radius 1 is 1.00 bits per heavy atom. The normalized spacial score (nSPS) is 24.7. The van der Waals surface area contributed by atoms with Crippen molar-refractivity contribution in [2.45, 2.75) is 58.5 Å². The van der Waals surface area contributed by atoms with Gasteiger partial charge in [-0.15, -0.1) is 0 Å². The van der Waals surface area contributed by atoms with Gasteiger partial charge in [-0.2, -0.15) is 0 Å². The van der Waals surface area contributed by atoms with Gasteiger partial charge >= 0.3 is 0 Å². The highest BCUT2D eigenvalue weighted by Crippen LogP contribution is 2.52. The van der Waals surface area contributed by atoms with Crippen molar-refractivity contribution in [1.29, 1.82) is 0 Å². The van der Waals surface area contributed by atoms with Gasteiger partial charge in [-0.1, -0.05) is 78.7 Å². The fraction of sp³-hybridized carbons (Fsp3) is 0.385. The fourth-order valence-corrected chi connectivity index (χ4v) is 5.00. The Kier molecular flexibility index (Phi) is 5.06. The summed E-state index contributed by atoms with van der Waals surface area (Å²) in [6.45, 7) is 4.51. The van der Waals surface area contributed by atoms with Crippen LogP contribution < -0.4 is 0 Å². The maximum atomic E-state index is 10.4. The first-order valence-electron chi connectivity index (χ1n) is 10.2. The molecular weight excluding hydrogens is 328 g/mol. The fourth-order valence-electron chi connectivity index (χ4n) is 5.00. The first kappa shape index (κ1) is 18.3. The van der Waals surface area contributed by atoms with Gasteiger partial charge in [0, 0.05) is 0 Å². The van der Waals surface area contributed by atoms with Gasteiger partial charge in [-0.25, -0.2) is 0 Å². The van der Waals surface area contributed by atoms with Gasteiger partial charge in [0.05, 0.1) is 6.10 Å². The van der Waals surface area contributed by atoms with Gasteiger partial charge in [0.25, 0.3) is 0 Å². The predicted molar refractivity (Wildman–Crippen MR) is 113 cm³/mol. The third kappa shape index (κ3) is 3.94. The zero-order chi connectivity index (χ0) is 18.9. The number of aliphatic hydroxyl groups excluding tert-OH is 1. The van der Waals surface area contributed by atoms with Crippen LogP contribution in [0.1, 0.15) is 49.3 Å². The molecule has 0 unspecified atom stereocenters. The van der Waals surface area contributed by atoms with Gasteiger partial charge in [0.1, 0.15) is 0 Å². The Morgan fingerprint density at radius 3 is 2.56 bits per heavy atom. The smallest absolute Gasteiger partial charge is 0.0586 e. The minimum absolute atomic E-state index is 0.154. The molecule has 2 aliphatic rings. The Balaban J connectivity index is 1.63. The van der Waals surface area contributed by atoms with Crippen LogP contribution in [0.5, 0.6) is 0 Å². The minimum atomic E-state index is -0.177. The van der Waals surface area contributed by atoms with Crippen LogP contribution >= 0.6 is 0 Å². The first-order chi connectivity index (χ1) is 13.0. The van der Waals surface area contributed by atoms with E-state index in [1.54, 1.807) is 0 Å². The van der Waals surface area contributed by atoms with Crippen LogP contribution in [0.3, 0.4) is 0 Å². The summed E-state index contributed by atoms with van der Waals surface area (Å²) < 4.78 is 0. The number of rotatable bonds is 5. The van der Waals surface area contributed by atoms with Gasteiger partial charge in [-0.3, -0.25) is 0 Å². The molecule has 0 aromatic heterocycles. The lowest BCUT2D eigenvalue weighted by molar-refractivity contribution is 0.164. The quantitative estimate of drug-likeness (QED) is 0.699. The standard InChI is InChI=1S/C26H30O/c1-19-7-6-10-21(15-19)11-12-24-22(16-20-8-4-3-5-9-20)13-14-26(2)18-23(27)17-25(24)26/h3-10,13,15,23,27H,11-12,14,16-18H2,1-2H3/t23-,26-/m0/s1. The summed E-state index contributed by atoms with van der Waals surface area (Å²) in [6.07, 6.45) is 8.24. The number of hydrogen-bond donors (Lipinski definition) is 1. The van der Waals surface area contributed by atoms with E-state index in [1.807, 2.05) is 0 Å². The third-order valence-corrected chi connectivity index (χ3v) is 6.39. The lowest BCUT2D eigenvalue weighted by atomic mass is 9.71. The molecule has 27 heavy (non-hydrogen) atoms. The summed E-state index contributed by atoms with van der Waals surface area (Å²) >= 11 is 0. The number of aliphatic hydroxyl groups is 1. The zero-order valence-electron chi connectivity index (χ0n) is 16.5. The van der Waals surface area contributed by atoms with E-state index in [1.165, 1.54) is 33.4 Å². The van der Waals surface area contributed by atoms with Gasteiger partial charge in [0.2, 0.25) is 0 Å². The average Bonchev–Trinajstić information content (AvgIpc) is 2.96. The topological polar surface area (TPSA) is 20.2 Å². The van der Waals surface area contributed by atoms with Crippen molar-refractivity contribution in [2.75, 3.05) is 0 Å². The lowest BCUT2D eigenvalue weighted by Gasteiger charge is -2.33. The second-order valence-corrected chi connectivity index (χ2v) is 8.66. The van der Waals surface area contributed by atoms with Crippen molar-refractivity contribution in [3.8, 4) is 0 Å². The largest absolute Gasteiger partial charge is 0.393 e. The Bertz CT molecular complexity index is 874. The van der Waals surface area contributed by atoms with Crippen LogP contribution in [0.2, 0.25) is 0 Å². The van der Waals surface area contributed by atoms with E-state index in [9.17, 15) is 5.11 Å². The molecule has 0 aliphatic heterocycles. The van der Waals surface area contributed by atoms with Crippen LogP contribution in [0.25, 0.3) is 0 Å². The van der Waals surface area contributed by atoms with Crippen LogP contribution in [0.15, 0.2) is 77.4 Å². The monoisotopic (exact) mass is 358 g/mol. The van der Waals surface area contributed by atoms with Gasteiger partial charge < -0.3 is 5.11 Å². The molecule has 2 aliphatic carbocycles. The summed E-state index contributed by atoms with van der Waals surface area (Å²) in [7, 11) is 0. The molecule has 4 rings (SSSR count). The van der Waals surface area contributed by atoms with Crippen molar-refractivity contribution >= 4 is 0 Å². The molecule has 1 nitrogen and oxygen atoms in total.